The molecule has 0 radical (unpaired) electrons. The molecule has 8 heteroatoms. The van der Waals surface area contributed by atoms with Crippen molar-refractivity contribution in [2.24, 2.45) is 0 Å². The summed E-state index contributed by atoms with van der Waals surface area (Å²) in [6.07, 6.45) is 3.28. The van der Waals surface area contributed by atoms with Crippen molar-refractivity contribution in [1.29, 1.82) is 0 Å². The highest BCUT2D eigenvalue weighted by atomic mass is 19.1. The van der Waals surface area contributed by atoms with E-state index in [-0.39, 0.29) is 19.0 Å². The maximum atomic E-state index is 14.6. The predicted molar refractivity (Wildman–Crippen MR) is 99.4 cm³/mol. The average Bonchev–Trinajstić information content (AvgIpc) is 3.06. The van der Waals surface area contributed by atoms with Crippen molar-refractivity contribution in [3.63, 3.8) is 0 Å². The molecule has 0 bridgehead atoms. The zero-order valence-electron chi connectivity index (χ0n) is 14.9. The summed E-state index contributed by atoms with van der Waals surface area (Å²) in [5, 5.41) is 2.65. The number of hydrogen-bond acceptors (Lipinski definition) is 5. The highest BCUT2D eigenvalue weighted by molar-refractivity contribution is 5.90. The molecule has 0 aliphatic carbocycles. The lowest BCUT2D eigenvalue weighted by atomic mass is 10.2. The fraction of sp³-hybridized carbons (Fsp3) is 0.368. The van der Waals surface area contributed by atoms with Gasteiger partial charge in [-0.3, -0.25) is 9.69 Å². The Balaban J connectivity index is 1.61. The molecule has 2 aliphatic rings. The summed E-state index contributed by atoms with van der Waals surface area (Å²) in [4.78, 5) is 27.0. The first-order chi connectivity index (χ1) is 13.1. The molecule has 1 N–H and O–H groups in total. The molecule has 0 aromatic heterocycles. The number of allylic oxidation sites excluding steroid dienone is 2. The third-order valence-corrected chi connectivity index (χ3v) is 4.36. The first-order valence-corrected chi connectivity index (χ1v) is 8.76. The van der Waals surface area contributed by atoms with Crippen LogP contribution in [0, 0.1) is 5.82 Å². The molecule has 3 rings (SSSR count). The maximum Gasteiger partial charge on any atom is 0.414 e. The Morgan fingerprint density at radius 1 is 1.37 bits per heavy atom. The summed E-state index contributed by atoms with van der Waals surface area (Å²) in [6.45, 7) is 6.29. The van der Waals surface area contributed by atoms with E-state index in [0.717, 1.165) is 0 Å². The lowest BCUT2D eigenvalue weighted by molar-refractivity contribution is -0.116. The van der Waals surface area contributed by atoms with Crippen LogP contribution in [0.2, 0.25) is 0 Å². The van der Waals surface area contributed by atoms with Gasteiger partial charge in [-0.1, -0.05) is 18.7 Å². The number of carbonyl (C=O) groups excluding carboxylic acids is 2. The molecule has 0 saturated carbocycles. The summed E-state index contributed by atoms with van der Waals surface area (Å²) in [5.74, 6) is -0.696. The summed E-state index contributed by atoms with van der Waals surface area (Å²) in [5.41, 5.74) is 0.919. The number of morpholine rings is 1. The van der Waals surface area contributed by atoms with Crippen LogP contribution in [-0.2, 0) is 14.3 Å². The maximum absolute atomic E-state index is 14.6. The molecule has 2 heterocycles. The van der Waals surface area contributed by atoms with Crippen LogP contribution >= 0.6 is 0 Å². The van der Waals surface area contributed by atoms with Gasteiger partial charge in [0.25, 0.3) is 0 Å². The third-order valence-electron chi connectivity index (χ3n) is 4.36. The van der Waals surface area contributed by atoms with Gasteiger partial charge in [-0.25, -0.2) is 9.18 Å². The van der Waals surface area contributed by atoms with Crippen LogP contribution in [0.1, 0.15) is 0 Å². The molecule has 2 fully saturated rings. The summed E-state index contributed by atoms with van der Waals surface area (Å²) >= 11 is 0. The van der Waals surface area contributed by atoms with Gasteiger partial charge in [0.1, 0.15) is 11.9 Å². The van der Waals surface area contributed by atoms with E-state index in [1.165, 1.54) is 29.2 Å². The van der Waals surface area contributed by atoms with Gasteiger partial charge in [0.15, 0.2) is 0 Å². The molecule has 7 nitrogen and oxygen atoms in total. The van der Waals surface area contributed by atoms with Crippen molar-refractivity contribution in [2.45, 2.75) is 6.10 Å². The molecular formula is C19H22FN3O4. The highest BCUT2D eigenvalue weighted by Gasteiger charge is 2.33. The summed E-state index contributed by atoms with van der Waals surface area (Å²) < 4.78 is 25.1. The normalized spacial score (nSPS) is 20.0. The molecule has 1 aromatic rings. The molecule has 0 spiro atoms. The zero-order chi connectivity index (χ0) is 19.2. The minimum Gasteiger partial charge on any atom is -0.442 e. The Kier molecular flexibility index (Phi) is 6.08. The van der Waals surface area contributed by atoms with Gasteiger partial charge < -0.3 is 19.7 Å². The number of nitrogens with zero attached hydrogens (tertiary/aromatic N) is 2. The Morgan fingerprint density at radius 2 is 2.15 bits per heavy atom. The van der Waals surface area contributed by atoms with E-state index >= 15 is 0 Å². The average molecular weight is 375 g/mol. The summed E-state index contributed by atoms with van der Waals surface area (Å²) in [6, 6.07) is 4.70. The number of anilines is 2. The van der Waals surface area contributed by atoms with E-state index in [2.05, 4.69) is 11.9 Å². The van der Waals surface area contributed by atoms with E-state index in [1.807, 2.05) is 4.90 Å². The number of amides is 2. The van der Waals surface area contributed by atoms with Crippen LogP contribution < -0.4 is 15.1 Å². The number of nitrogens with one attached hydrogen (secondary N) is 1. The molecule has 1 atom stereocenters. The SMILES string of the molecule is C=C/C=C/C(=O)NC[C@H]1CN(c2ccc(N3CCOCC3)c(F)c2)C(=O)O1. The van der Waals surface area contributed by atoms with Crippen LogP contribution in [0.4, 0.5) is 20.6 Å². The quantitative estimate of drug-likeness (QED) is 0.607. The van der Waals surface area contributed by atoms with Crippen molar-refractivity contribution < 1.29 is 23.5 Å². The van der Waals surface area contributed by atoms with Gasteiger partial charge in [0.2, 0.25) is 5.91 Å². The molecule has 1 aromatic carbocycles. The monoisotopic (exact) mass is 375 g/mol. The Labute approximate surface area is 157 Å². The number of cyclic esters (lactones) is 1. The van der Waals surface area contributed by atoms with Gasteiger partial charge in [-0.2, -0.15) is 0 Å². The second kappa shape index (κ2) is 8.68. The Hall–Kier alpha value is -2.87. The van der Waals surface area contributed by atoms with Gasteiger partial charge in [0.05, 0.1) is 37.7 Å². The van der Waals surface area contributed by atoms with Crippen LogP contribution in [0.15, 0.2) is 43.0 Å². The highest BCUT2D eigenvalue weighted by Crippen LogP contribution is 2.28. The van der Waals surface area contributed by atoms with Crippen molar-refractivity contribution in [2.75, 3.05) is 49.2 Å². The molecule has 27 heavy (non-hydrogen) atoms. The third kappa shape index (κ3) is 4.65. The van der Waals surface area contributed by atoms with E-state index in [0.29, 0.717) is 37.7 Å². The van der Waals surface area contributed by atoms with Crippen LogP contribution in [0.5, 0.6) is 0 Å². The van der Waals surface area contributed by atoms with Crippen LogP contribution in [-0.4, -0.2) is 57.5 Å². The summed E-state index contributed by atoms with van der Waals surface area (Å²) in [7, 11) is 0. The molecule has 2 saturated heterocycles. The second-order valence-corrected chi connectivity index (χ2v) is 6.19. The largest absolute Gasteiger partial charge is 0.442 e. The lowest BCUT2D eigenvalue weighted by Crippen LogP contribution is -2.36. The van der Waals surface area contributed by atoms with E-state index in [4.69, 9.17) is 9.47 Å². The van der Waals surface area contributed by atoms with Crippen LogP contribution in [0.3, 0.4) is 0 Å². The molecule has 2 aliphatic heterocycles. The molecule has 144 valence electrons. The minimum absolute atomic E-state index is 0.177. The van der Waals surface area contributed by atoms with Crippen molar-refractivity contribution in [1.82, 2.24) is 5.32 Å². The topological polar surface area (TPSA) is 71.1 Å². The fourth-order valence-electron chi connectivity index (χ4n) is 2.99. The minimum atomic E-state index is -0.561. The first-order valence-electron chi connectivity index (χ1n) is 8.76. The van der Waals surface area contributed by atoms with Gasteiger partial charge in [-0.05, 0) is 18.2 Å². The van der Waals surface area contributed by atoms with Gasteiger partial charge in [0, 0.05) is 19.2 Å². The first kappa shape index (κ1) is 18.9. The lowest BCUT2D eigenvalue weighted by Gasteiger charge is -2.29. The van der Waals surface area contributed by atoms with Crippen molar-refractivity contribution >= 4 is 23.4 Å². The van der Waals surface area contributed by atoms with Gasteiger partial charge >= 0.3 is 6.09 Å². The predicted octanol–water partition coefficient (Wildman–Crippen LogP) is 1.85. The Bertz CT molecular complexity index is 746. The molecule has 0 unspecified atom stereocenters. The molecule has 2 amide bonds. The van der Waals surface area contributed by atoms with E-state index < -0.39 is 18.0 Å². The van der Waals surface area contributed by atoms with E-state index in [9.17, 15) is 14.0 Å². The fourth-order valence-corrected chi connectivity index (χ4v) is 2.99. The number of halogens is 1. The van der Waals surface area contributed by atoms with Crippen molar-refractivity contribution in [3.8, 4) is 0 Å². The van der Waals surface area contributed by atoms with Crippen molar-refractivity contribution in [3.05, 3.63) is 48.8 Å². The Morgan fingerprint density at radius 3 is 2.85 bits per heavy atom. The number of rotatable bonds is 6. The van der Waals surface area contributed by atoms with Gasteiger partial charge in [-0.15, -0.1) is 0 Å². The molecular weight excluding hydrogens is 353 g/mol. The van der Waals surface area contributed by atoms with E-state index in [1.54, 1.807) is 12.1 Å². The second-order valence-electron chi connectivity index (χ2n) is 6.19. The number of carbonyl (C=O) groups is 2. The number of ether oxygens (including phenoxy) is 2. The number of benzene rings is 1. The number of hydrogen-bond donors (Lipinski definition) is 1. The smallest absolute Gasteiger partial charge is 0.414 e. The standard InChI is InChI=1S/C19H22FN3O4/c1-2-3-4-18(24)21-12-15-13-23(19(25)27-15)14-5-6-17(16(20)11-14)22-7-9-26-10-8-22/h2-6,11,15H,1,7-10,12-13H2,(H,21,24)/b4-3+/t15-/m0/s1. The van der Waals surface area contributed by atoms with Crippen LogP contribution in [0.25, 0.3) is 0 Å². The zero-order valence-corrected chi connectivity index (χ0v) is 14.9.